The average Bonchev–Trinajstić information content (AvgIpc) is 2.26. The van der Waals surface area contributed by atoms with E-state index in [1.807, 2.05) is 0 Å². The van der Waals surface area contributed by atoms with E-state index in [2.05, 4.69) is 15.0 Å². The van der Waals surface area contributed by atoms with Crippen molar-refractivity contribution in [2.45, 2.75) is 0 Å². The number of hydrogen-bond acceptors (Lipinski definition) is 7. The molecule has 8 nitrogen and oxygen atoms in total. The van der Waals surface area contributed by atoms with Crippen LogP contribution in [0.3, 0.4) is 0 Å². The molecule has 1 aromatic carbocycles. The van der Waals surface area contributed by atoms with Gasteiger partial charge in [-0.3, -0.25) is 10.1 Å². The highest BCUT2D eigenvalue weighted by Gasteiger charge is 2.18. The summed E-state index contributed by atoms with van der Waals surface area (Å²) in [6.07, 6.45) is 0. The number of nitro benzene ring substituents is 1. The van der Waals surface area contributed by atoms with Gasteiger partial charge in [-0.1, -0.05) is 0 Å². The van der Waals surface area contributed by atoms with Gasteiger partial charge in [-0.15, -0.1) is 0 Å². The second kappa shape index (κ2) is 4.98. The van der Waals surface area contributed by atoms with E-state index in [0.29, 0.717) is 0 Å². The number of rotatable bonds is 3. The van der Waals surface area contributed by atoms with Crippen molar-refractivity contribution in [3.05, 3.63) is 39.4 Å². The number of nitro groups is 1. The van der Waals surface area contributed by atoms with Crippen molar-refractivity contribution in [3.63, 3.8) is 0 Å². The summed E-state index contributed by atoms with van der Waals surface area (Å²) < 4.78 is 18.1. The molecule has 0 spiro atoms. The van der Waals surface area contributed by atoms with E-state index in [1.54, 1.807) is 0 Å². The van der Waals surface area contributed by atoms with E-state index in [4.69, 9.17) is 22.1 Å². The van der Waals surface area contributed by atoms with Crippen LogP contribution in [0.2, 0.25) is 5.28 Å². The molecule has 19 heavy (non-hydrogen) atoms. The Labute approximate surface area is 110 Å². The fourth-order valence-corrected chi connectivity index (χ4v) is 1.37. The van der Waals surface area contributed by atoms with Gasteiger partial charge in [0.15, 0.2) is 0 Å². The fraction of sp³-hybridized carbons (Fsp3) is 0. The van der Waals surface area contributed by atoms with Crippen molar-refractivity contribution in [2.75, 3.05) is 5.73 Å². The minimum atomic E-state index is -0.735. The monoisotopic (exact) mass is 285 g/mol. The largest absolute Gasteiger partial charge is 0.417 e. The predicted octanol–water partition coefficient (Wildman–Crippen LogP) is 1.95. The number of ether oxygens (including phenoxy) is 1. The van der Waals surface area contributed by atoms with E-state index in [-0.39, 0.29) is 23.0 Å². The van der Waals surface area contributed by atoms with Gasteiger partial charge in [0.25, 0.3) is 0 Å². The second-order valence-electron chi connectivity index (χ2n) is 3.22. The lowest BCUT2D eigenvalue weighted by molar-refractivity contribution is -0.385. The average molecular weight is 286 g/mol. The third-order valence-electron chi connectivity index (χ3n) is 1.92. The molecule has 2 aromatic rings. The molecule has 0 saturated carbocycles. The van der Waals surface area contributed by atoms with Crippen LogP contribution in [0.15, 0.2) is 18.2 Å². The summed E-state index contributed by atoms with van der Waals surface area (Å²) in [7, 11) is 0. The second-order valence-corrected chi connectivity index (χ2v) is 3.55. The molecule has 0 bridgehead atoms. The molecule has 0 aliphatic carbocycles. The highest BCUT2D eigenvalue weighted by atomic mass is 35.5. The van der Waals surface area contributed by atoms with Gasteiger partial charge in [0, 0.05) is 12.1 Å². The number of nitrogens with zero attached hydrogens (tertiary/aromatic N) is 4. The fourth-order valence-electron chi connectivity index (χ4n) is 1.21. The van der Waals surface area contributed by atoms with E-state index >= 15 is 0 Å². The summed E-state index contributed by atoms with van der Waals surface area (Å²) in [5.41, 5.74) is 4.86. The Morgan fingerprint density at radius 2 is 2.11 bits per heavy atom. The molecule has 0 fully saturated rings. The maximum absolute atomic E-state index is 13.1. The van der Waals surface area contributed by atoms with Crippen molar-refractivity contribution in [1.29, 1.82) is 0 Å². The van der Waals surface area contributed by atoms with Gasteiger partial charge in [0.05, 0.1) is 4.92 Å². The Morgan fingerprint density at radius 1 is 1.37 bits per heavy atom. The maximum Gasteiger partial charge on any atom is 0.328 e. The van der Waals surface area contributed by atoms with Crippen LogP contribution in [0.5, 0.6) is 11.8 Å². The summed E-state index contributed by atoms with van der Waals surface area (Å²) in [5.74, 6) is -1.31. The van der Waals surface area contributed by atoms with Crippen molar-refractivity contribution < 1.29 is 14.1 Å². The lowest BCUT2D eigenvalue weighted by Crippen LogP contribution is -2.02. The number of anilines is 1. The third-order valence-corrected chi connectivity index (χ3v) is 2.09. The normalized spacial score (nSPS) is 10.2. The number of aromatic nitrogens is 3. The lowest BCUT2D eigenvalue weighted by Gasteiger charge is -2.05. The van der Waals surface area contributed by atoms with Crippen molar-refractivity contribution in [3.8, 4) is 11.8 Å². The number of halogens is 2. The summed E-state index contributed by atoms with van der Waals surface area (Å²) in [6.45, 7) is 0. The highest BCUT2D eigenvalue weighted by Crippen LogP contribution is 2.30. The Hall–Kier alpha value is -2.55. The van der Waals surface area contributed by atoms with Gasteiger partial charge in [0.1, 0.15) is 5.82 Å². The van der Waals surface area contributed by atoms with Crippen LogP contribution in [0.4, 0.5) is 16.0 Å². The number of hydrogen-bond donors (Lipinski definition) is 1. The molecule has 10 heteroatoms. The van der Waals surface area contributed by atoms with Gasteiger partial charge in [-0.25, -0.2) is 4.39 Å². The van der Waals surface area contributed by atoms with Crippen LogP contribution < -0.4 is 10.5 Å². The number of benzene rings is 1. The van der Waals surface area contributed by atoms with Gasteiger partial charge in [-0.05, 0) is 17.7 Å². The van der Waals surface area contributed by atoms with E-state index in [9.17, 15) is 14.5 Å². The maximum atomic E-state index is 13.1. The van der Waals surface area contributed by atoms with Crippen molar-refractivity contribution >= 4 is 23.2 Å². The van der Waals surface area contributed by atoms with Crippen LogP contribution in [-0.4, -0.2) is 19.9 Å². The zero-order chi connectivity index (χ0) is 14.0. The Kier molecular flexibility index (Phi) is 3.38. The van der Waals surface area contributed by atoms with E-state index < -0.39 is 16.4 Å². The minimum absolute atomic E-state index is 0.228. The molecule has 0 amide bonds. The van der Waals surface area contributed by atoms with Crippen LogP contribution >= 0.6 is 11.6 Å². The Morgan fingerprint density at radius 3 is 2.74 bits per heavy atom. The van der Waals surface area contributed by atoms with Crippen LogP contribution in [0.25, 0.3) is 0 Å². The third kappa shape index (κ3) is 3.01. The first-order valence-corrected chi connectivity index (χ1v) is 5.12. The molecular formula is C9H5ClFN5O3. The van der Waals surface area contributed by atoms with E-state index in [1.165, 1.54) is 0 Å². The Bertz CT molecular complexity index is 633. The van der Waals surface area contributed by atoms with Crippen LogP contribution in [0.1, 0.15) is 0 Å². The smallest absolute Gasteiger partial charge is 0.328 e. The standard InChI is InChI=1S/C9H5ClFN5O3/c10-7-13-8(12)15-9(14-7)19-6-3-4(11)1-2-5(6)16(17)18/h1-3H,(H2,12,13,14,15). The molecule has 0 radical (unpaired) electrons. The molecule has 2 N–H and O–H groups in total. The molecule has 1 heterocycles. The van der Waals surface area contributed by atoms with Gasteiger partial charge >= 0.3 is 11.7 Å². The molecule has 0 unspecified atom stereocenters. The Balaban J connectivity index is 2.42. The quantitative estimate of drug-likeness (QED) is 0.676. The highest BCUT2D eigenvalue weighted by molar-refractivity contribution is 6.28. The number of nitrogen functional groups attached to an aromatic ring is 1. The lowest BCUT2D eigenvalue weighted by atomic mass is 10.3. The molecule has 0 atom stereocenters. The zero-order valence-electron chi connectivity index (χ0n) is 9.08. The molecule has 0 saturated heterocycles. The molecular weight excluding hydrogens is 281 g/mol. The van der Waals surface area contributed by atoms with Crippen LogP contribution in [-0.2, 0) is 0 Å². The SMILES string of the molecule is Nc1nc(Cl)nc(Oc2cc(F)ccc2[N+](=O)[O-])n1. The zero-order valence-corrected chi connectivity index (χ0v) is 9.83. The first-order valence-electron chi connectivity index (χ1n) is 4.74. The molecule has 2 rings (SSSR count). The number of nitrogens with two attached hydrogens (primary N) is 1. The van der Waals surface area contributed by atoms with Crippen molar-refractivity contribution in [2.24, 2.45) is 0 Å². The molecule has 1 aromatic heterocycles. The first-order chi connectivity index (χ1) is 8.95. The van der Waals surface area contributed by atoms with E-state index in [0.717, 1.165) is 18.2 Å². The summed E-state index contributed by atoms with van der Waals surface area (Å²) in [5, 5.41) is 10.5. The topological polar surface area (TPSA) is 117 Å². The van der Waals surface area contributed by atoms with Crippen LogP contribution in [0, 0.1) is 15.9 Å². The predicted molar refractivity (Wildman–Crippen MR) is 62.4 cm³/mol. The molecule has 0 aliphatic rings. The summed E-state index contributed by atoms with van der Waals surface area (Å²) in [6, 6.07) is 2.34. The van der Waals surface area contributed by atoms with Gasteiger partial charge in [-0.2, -0.15) is 15.0 Å². The summed E-state index contributed by atoms with van der Waals surface area (Å²) >= 11 is 5.52. The van der Waals surface area contributed by atoms with Gasteiger partial charge in [0.2, 0.25) is 17.0 Å². The minimum Gasteiger partial charge on any atom is -0.417 e. The van der Waals surface area contributed by atoms with Gasteiger partial charge < -0.3 is 10.5 Å². The summed E-state index contributed by atoms with van der Waals surface area (Å²) in [4.78, 5) is 20.6. The van der Waals surface area contributed by atoms with Crippen molar-refractivity contribution in [1.82, 2.24) is 15.0 Å². The first kappa shape index (κ1) is 12.9. The molecule has 98 valence electrons. The molecule has 0 aliphatic heterocycles.